The van der Waals surface area contributed by atoms with Gasteiger partial charge in [-0.2, -0.15) is 0 Å². The Morgan fingerprint density at radius 3 is 2.81 bits per heavy atom. The molecule has 0 bridgehead atoms. The van der Waals surface area contributed by atoms with Gasteiger partial charge >= 0.3 is 6.09 Å². The maximum atomic E-state index is 13.7. The minimum absolute atomic E-state index is 0.119. The van der Waals surface area contributed by atoms with E-state index in [0.29, 0.717) is 29.5 Å². The number of aromatic nitrogens is 2. The fourth-order valence-corrected chi connectivity index (χ4v) is 5.25. The molecule has 3 aromatic rings. The number of hydrogen-bond acceptors (Lipinski definition) is 6. The largest absolute Gasteiger partial charge is 0.414 e. The molecule has 5 rings (SSSR count). The number of aliphatic hydroxyl groups is 1. The molecule has 0 saturated heterocycles. The molecule has 36 heavy (non-hydrogen) atoms. The SMILES string of the molecule is CN(C)C(=O)Oc1cccc(Cc2cc3c(=O)n(C4CCCCC4O)cnc3c3c2C=CCN3C)c1. The van der Waals surface area contributed by atoms with Gasteiger partial charge in [-0.3, -0.25) is 9.36 Å². The lowest BCUT2D eigenvalue weighted by Crippen LogP contribution is -2.35. The monoisotopic (exact) mass is 488 g/mol. The highest BCUT2D eigenvalue weighted by Gasteiger charge is 2.27. The Hall–Kier alpha value is -3.65. The minimum Gasteiger partial charge on any atom is -0.410 e. The van der Waals surface area contributed by atoms with Crippen LogP contribution in [-0.2, 0) is 6.42 Å². The molecule has 0 radical (unpaired) electrons. The molecule has 1 aliphatic carbocycles. The van der Waals surface area contributed by atoms with Crippen molar-refractivity contribution in [3.8, 4) is 5.75 Å². The van der Waals surface area contributed by atoms with Crippen LogP contribution in [0.5, 0.6) is 5.75 Å². The number of aliphatic hydroxyl groups excluding tert-OH is 1. The first-order valence-electron chi connectivity index (χ1n) is 12.4. The van der Waals surface area contributed by atoms with Crippen molar-refractivity contribution in [1.82, 2.24) is 14.5 Å². The summed E-state index contributed by atoms with van der Waals surface area (Å²) in [6.45, 7) is 0.730. The van der Waals surface area contributed by atoms with E-state index in [4.69, 9.17) is 9.72 Å². The Morgan fingerprint density at radius 1 is 1.22 bits per heavy atom. The average molecular weight is 489 g/mol. The molecule has 1 aliphatic heterocycles. The Morgan fingerprint density at radius 2 is 2.03 bits per heavy atom. The number of ether oxygens (including phenoxy) is 1. The van der Waals surface area contributed by atoms with Crippen LogP contribution in [0.4, 0.5) is 10.5 Å². The van der Waals surface area contributed by atoms with Gasteiger partial charge in [0.05, 0.1) is 29.5 Å². The fraction of sp³-hybridized carbons (Fsp3) is 0.393. The van der Waals surface area contributed by atoms with Crippen molar-refractivity contribution in [2.24, 2.45) is 0 Å². The summed E-state index contributed by atoms with van der Waals surface area (Å²) in [6.07, 6.45) is 8.84. The number of amides is 1. The third-order valence-corrected chi connectivity index (χ3v) is 7.14. The Kier molecular flexibility index (Phi) is 6.53. The molecule has 1 N–H and O–H groups in total. The zero-order valence-electron chi connectivity index (χ0n) is 21.0. The lowest BCUT2D eigenvalue weighted by Gasteiger charge is -2.30. The van der Waals surface area contributed by atoms with Crippen molar-refractivity contribution >= 4 is 28.8 Å². The number of carbonyl (C=O) groups excluding carboxylic acids is 1. The highest BCUT2D eigenvalue weighted by Crippen LogP contribution is 2.36. The molecule has 1 amide bonds. The van der Waals surface area contributed by atoms with Crippen molar-refractivity contribution < 1.29 is 14.6 Å². The first kappa shape index (κ1) is 24.1. The first-order valence-corrected chi connectivity index (χ1v) is 12.4. The van der Waals surface area contributed by atoms with Gasteiger partial charge < -0.3 is 19.6 Å². The lowest BCUT2D eigenvalue weighted by molar-refractivity contribution is 0.0735. The van der Waals surface area contributed by atoms with Crippen molar-refractivity contribution in [2.75, 3.05) is 32.6 Å². The van der Waals surface area contributed by atoms with Gasteiger partial charge in [0.1, 0.15) is 11.3 Å². The molecule has 2 atom stereocenters. The van der Waals surface area contributed by atoms with E-state index in [9.17, 15) is 14.7 Å². The van der Waals surface area contributed by atoms with E-state index in [0.717, 1.165) is 48.2 Å². The Bertz CT molecular complexity index is 1390. The molecular formula is C28H32N4O4. The summed E-state index contributed by atoms with van der Waals surface area (Å²) < 4.78 is 7.07. The van der Waals surface area contributed by atoms with Crippen molar-refractivity contribution in [2.45, 2.75) is 44.2 Å². The van der Waals surface area contributed by atoms with Gasteiger partial charge in [-0.15, -0.1) is 0 Å². The van der Waals surface area contributed by atoms with Gasteiger partial charge in [-0.25, -0.2) is 9.78 Å². The van der Waals surface area contributed by atoms with E-state index in [1.54, 1.807) is 31.1 Å². The zero-order valence-corrected chi connectivity index (χ0v) is 21.0. The lowest BCUT2D eigenvalue weighted by atomic mass is 9.91. The number of benzene rings is 2. The number of likely N-dealkylation sites (N-methyl/N-ethyl adjacent to an activating group) is 1. The highest BCUT2D eigenvalue weighted by molar-refractivity contribution is 5.97. The molecule has 2 aliphatic rings. The van der Waals surface area contributed by atoms with E-state index in [2.05, 4.69) is 17.1 Å². The molecule has 188 valence electrons. The summed E-state index contributed by atoms with van der Waals surface area (Å²) >= 11 is 0. The average Bonchev–Trinajstić information content (AvgIpc) is 2.85. The predicted molar refractivity (Wildman–Crippen MR) is 141 cm³/mol. The summed E-state index contributed by atoms with van der Waals surface area (Å²) in [5, 5.41) is 11.1. The second-order valence-electron chi connectivity index (χ2n) is 9.94. The maximum Gasteiger partial charge on any atom is 0.414 e. The summed E-state index contributed by atoms with van der Waals surface area (Å²) in [4.78, 5) is 34.0. The molecule has 0 spiro atoms. The molecule has 1 fully saturated rings. The minimum atomic E-state index is -0.536. The molecule has 2 aromatic carbocycles. The van der Waals surface area contributed by atoms with E-state index in [1.165, 1.54) is 4.90 Å². The van der Waals surface area contributed by atoms with Gasteiger partial charge in [0.15, 0.2) is 0 Å². The smallest absolute Gasteiger partial charge is 0.410 e. The van der Waals surface area contributed by atoms with Gasteiger partial charge in [-0.1, -0.05) is 37.1 Å². The van der Waals surface area contributed by atoms with Crippen LogP contribution in [0.2, 0.25) is 0 Å². The summed E-state index contributed by atoms with van der Waals surface area (Å²) in [5.74, 6) is 0.476. The van der Waals surface area contributed by atoms with E-state index < -0.39 is 12.2 Å². The summed E-state index contributed by atoms with van der Waals surface area (Å²) in [6, 6.07) is 9.16. The van der Waals surface area contributed by atoms with Crippen LogP contribution in [-0.4, -0.2) is 59.4 Å². The van der Waals surface area contributed by atoms with E-state index in [1.807, 2.05) is 31.3 Å². The number of rotatable bonds is 4. The van der Waals surface area contributed by atoms with Gasteiger partial charge in [-0.05, 0) is 48.6 Å². The van der Waals surface area contributed by atoms with Crippen LogP contribution < -0.4 is 15.2 Å². The van der Waals surface area contributed by atoms with E-state index in [-0.39, 0.29) is 11.6 Å². The molecule has 1 saturated carbocycles. The number of hydrogen-bond donors (Lipinski definition) is 1. The first-order chi connectivity index (χ1) is 17.3. The molecular weight excluding hydrogens is 456 g/mol. The number of fused-ring (bicyclic) bond motifs is 3. The number of carbonyl (C=O) groups is 1. The third kappa shape index (κ3) is 4.48. The number of anilines is 1. The number of nitrogens with zero attached hydrogens (tertiary/aromatic N) is 4. The molecule has 1 aromatic heterocycles. The zero-order chi connectivity index (χ0) is 25.4. The van der Waals surface area contributed by atoms with Crippen LogP contribution in [0, 0.1) is 0 Å². The van der Waals surface area contributed by atoms with Crippen molar-refractivity contribution in [3.63, 3.8) is 0 Å². The standard InChI is InChI=1S/C28H32N4O4/c1-30(2)28(35)36-20-9-6-8-18(15-20)14-19-16-22-25(26-21(19)10-7-13-31(26)3)29-17-32(27(22)34)23-11-4-5-12-24(23)33/h6-10,15-17,23-24,33H,4-5,11-14H2,1-3H3. The fourth-order valence-electron chi connectivity index (χ4n) is 5.25. The van der Waals surface area contributed by atoms with Gasteiger partial charge in [0.25, 0.3) is 5.56 Å². The summed E-state index contributed by atoms with van der Waals surface area (Å²) in [7, 11) is 5.29. The second kappa shape index (κ2) is 9.78. The van der Waals surface area contributed by atoms with Crippen LogP contribution >= 0.6 is 0 Å². The van der Waals surface area contributed by atoms with Crippen LogP contribution in [0.25, 0.3) is 17.0 Å². The molecule has 8 heteroatoms. The summed E-state index contributed by atoms with van der Waals surface area (Å²) in [5.41, 5.74) is 4.50. The van der Waals surface area contributed by atoms with Crippen LogP contribution in [0.15, 0.2) is 47.5 Å². The molecule has 2 heterocycles. The van der Waals surface area contributed by atoms with Crippen molar-refractivity contribution in [1.29, 1.82) is 0 Å². The van der Waals surface area contributed by atoms with Gasteiger partial charge in [0.2, 0.25) is 0 Å². The third-order valence-electron chi connectivity index (χ3n) is 7.14. The highest BCUT2D eigenvalue weighted by atomic mass is 16.6. The molecule has 2 unspecified atom stereocenters. The molecule has 8 nitrogen and oxygen atoms in total. The van der Waals surface area contributed by atoms with E-state index >= 15 is 0 Å². The van der Waals surface area contributed by atoms with Gasteiger partial charge in [0, 0.05) is 33.3 Å². The van der Waals surface area contributed by atoms with Crippen molar-refractivity contribution in [3.05, 3.63) is 69.8 Å². The topological polar surface area (TPSA) is 87.9 Å². The van der Waals surface area contributed by atoms with Crippen LogP contribution in [0.3, 0.4) is 0 Å². The predicted octanol–water partition coefficient (Wildman–Crippen LogP) is 3.99. The van der Waals surface area contributed by atoms with Crippen LogP contribution in [0.1, 0.15) is 48.4 Å². The maximum absolute atomic E-state index is 13.7. The Balaban J connectivity index is 1.60. The second-order valence-corrected chi connectivity index (χ2v) is 9.94. The normalized spacial score (nSPS) is 19.3. The Labute approximate surface area is 210 Å². The quantitative estimate of drug-likeness (QED) is 0.598.